The van der Waals surface area contributed by atoms with Gasteiger partial charge in [0.1, 0.15) is 12.7 Å². The number of hydrogen-bond acceptors (Lipinski definition) is 4. The van der Waals surface area contributed by atoms with Crippen LogP contribution in [0.1, 0.15) is 24.0 Å². The second-order valence-corrected chi connectivity index (χ2v) is 7.78. The Kier molecular flexibility index (Phi) is 5.81. The van der Waals surface area contributed by atoms with Crippen LogP contribution in [0.5, 0.6) is 11.5 Å². The van der Waals surface area contributed by atoms with Gasteiger partial charge in [0.05, 0.1) is 6.54 Å². The third kappa shape index (κ3) is 4.65. The van der Waals surface area contributed by atoms with E-state index in [9.17, 15) is 4.79 Å². The van der Waals surface area contributed by atoms with E-state index < -0.39 is 0 Å². The van der Waals surface area contributed by atoms with Crippen molar-refractivity contribution in [2.45, 2.75) is 32.4 Å². The number of likely N-dealkylation sites (tertiary alicyclic amines) is 1. The van der Waals surface area contributed by atoms with Gasteiger partial charge in [0, 0.05) is 12.5 Å². The fourth-order valence-corrected chi connectivity index (χ4v) is 3.94. The fourth-order valence-electron chi connectivity index (χ4n) is 3.94. The van der Waals surface area contributed by atoms with E-state index in [1.807, 2.05) is 24.3 Å². The van der Waals surface area contributed by atoms with E-state index in [1.165, 1.54) is 11.1 Å². The van der Waals surface area contributed by atoms with Crippen molar-refractivity contribution in [1.29, 1.82) is 0 Å². The zero-order valence-corrected chi connectivity index (χ0v) is 16.4. The van der Waals surface area contributed by atoms with Crippen molar-refractivity contribution in [2.75, 3.05) is 26.2 Å². The van der Waals surface area contributed by atoms with Crippen LogP contribution in [0.2, 0.25) is 0 Å². The Bertz CT molecular complexity index is 815. The summed E-state index contributed by atoms with van der Waals surface area (Å²) in [6, 6.07) is 16.3. The van der Waals surface area contributed by atoms with Crippen molar-refractivity contribution in [1.82, 2.24) is 10.2 Å². The fraction of sp³-hybridized carbons (Fsp3) is 0.435. The summed E-state index contributed by atoms with van der Waals surface area (Å²) >= 11 is 0. The number of amides is 1. The van der Waals surface area contributed by atoms with Gasteiger partial charge in [0.15, 0.2) is 11.5 Å². The maximum atomic E-state index is 12.6. The molecule has 0 aliphatic carbocycles. The summed E-state index contributed by atoms with van der Waals surface area (Å²) in [4.78, 5) is 15.0. The molecule has 0 spiro atoms. The number of fused-ring (bicyclic) bond motifs is 1. The molecule has 4 rings (SSSR count). The van der Waals surface area contributed by atoms with Gasteiger partial charge in [0.25, 0.3) is 0 Å². The molecule has 0 aromatic heterocycles. The number of nitrogens with zero attached hydrogens (tertiary/aromatic N) is 1. The molecule has 5 heteroatoms. The van der Waals surface area contributed by atoms with Gasteiger partial charge in [-0.05, 0) is 50.6 Å². The molecule has 0 radical (unpaired) electrons. The first kappa shape index (κ1) is 18.8. The Labute approximate surface area is 166 Å². The van der Waals surface area contributed by atoms with E-state index in [1.54, 1.807) is 0 Å². The van der Waals surface area contributed by atoms with Crippen molar-refractivity contribution in [3.05, 3.63) is 59.7 Å². The largest absolute Gasteiger partial charge is 0.486 e. The summed E-state index contributed by atoms with van der Waals surface area (Å²) in [6.07, 6.45) is 1.67. The average Bonchev–Trinajstić information content (AvgIpc) is 2.72. The molecule has 2 aliphatic heterocycles. The van der Waals surface area contributed by atoms with Crippen LogP contribution in [0.15, 0.2) is 48.5 Å². The lowest BCUT2D eigenvalue weighted by atomic mass is 9.95. The molecule has 1 N–H and O–H groups in total. The van der Waals surface area contributed by atoms with Gasteiger partial charge in [-0.2, -0.15) is 0 Å². The number of carbonyl (C=O) groups is 1. The molecular weight excluding hydrogens is 352 g/mol. The lowest BCUT2D eigenvalue weighted by molar-refractivity contribution is -0.127. The van der Waals surface area contributed by atoms with Crippen LogP contribution in [-0.4, -0.2) is 43.2 Å². The predicted octanol–water partition coefficient (Wildman–Crippen LogP) is 3.16. The monoisotopic (exact) mass is 380 g/mol. The molecule has 1 atom stereocenters. The molecule has 1 amide bonds. The quantitative estimate of drug-likeness (QED) is 0.866. The maximum absolute atomic E-state index is 12.6. The Morgan fingerprint density at radius 3 is 2.68 bits per heavy atom. The molecule has 0 saturated carbocycles. The van der Waals surface area contributed by atoms with Gasteiger partial charge < -0.3 is 14.8 Å². The number of piperidine rings is 1. The summed E-state index contributed by atoms with van der Waals surface area (Å²) in [5.74, 6) is 1.74. The lowest BCUT2D eigenvalue weighted by Crippen LogP contribution is -2.45. The van der Waals surface area contributed by atoms with Crippen LogP contribution in [0.3, 0.4) is 0 Å². The van der Waals surface area contributed by atoms with Gasteiger partial charge in [-0.3, -0.25) is 9.69 Å². The van der Waals surface area contributed by atoms with Crippen molar-refractivity contribution in [2.24, 2.45) is 5.92 Å². The smallest absolute Gasteiger partial charge is 0.223 e. The molecule has 2 aromatic carbocycles. The third-order valence-corrected chi connectivity index (χ3v) is 5.52. The maximum Gasteiger partial charge on any atom is 0.223 e. The standard InChI is InChI=1S/C23H28N2O3/c1-17-5-4-6-18(13-17)15-25-11-9-19(10-12-25)23(26)24-14-20-16-27-21-7-2-3-8-22(21)28-20/h2-8,13,19-20H,9-12,14-16H2,1H3,(H,24,26)/t20-/m0/s1. The van der Waals surface area contributed by atoms with Crippen molar-refractivity contribution in [3.8, 4) is 11.5 Å². The molecule has 1 fully saturated rings. The van der Waals surface area contributed by atoms with Gasteiger partial charge in [-0.15, -0.1) is 0 Å². The van der Waals surface area contributed by atoms with Crippen LogP contribution >= 0.6 is 0 Å². The molecule has 2 aromatic rings. The molecule has 2 heterocycles. The molecule has 0 unspecified atom stereocenters. The Morgan fingerprint density at radius 1 is 1.11 bits per heavy atom. The van der Waals surface area contributed by atoms with E-state index >= 15 is 0 Å². The Balaban J connectivity index is 1.20. The number of para-hydroxylation sites is 2. The number of nitrogens with one attached hydrogen (secondary N) is 1. The summed E-state index contributed by atoms with van der Waals surface area (Å²) in [6.45, 7) is 5.95. The van der Waals surface area contributed by atoms with Gasteiger partial charge in [-0.1, -0.05) is 42.0 Å². The van der Waals surface area contributed by atoms with Gasteiger partial charge in [0.2, 0.25) is 5.91 Å². The zero-order chi connectivity index (χ0) is 19.3. The molecule has 2 aliphatic rings. The van der Waals surface area contributed by atoms with Crippen LogP contribution in [0.4, 0.5) is 0 Å². The van der Waals surface area contributed by atoms with Crippen LogP contribution < -0.4 is 14.8 Å². The summed E-state index contributed by atoms with van der Waals surface area (Å²) in [5.41, 5.74) is 2.64. The number of benzene rings is 2. The summed E-state index contributed by atoms with van der Waals surface area (Å²) in [5, 5.41) is 3.06. The number of aryl methyl sites for hydroxylation is 1. The van der Waals surface area contributed by atoms with Crippen molar-refractivity contribution in [3.63, 3.8) is 0 Å². The summed E-state index contributed by atoms with van der Waals surface area (Å²) in [7, 11) is 0. The Hall–Kier alpha value is -2.53. The average molecular weight is 380 g/mol. The summed E-state index contributed by atoms with van der Waals surface area (Å²) < 4.78 is 11.6. The molecule has 148 valence electrons. The highest BCUT2D eigenvalue weighted by molar-refractivity contribution is 5.78. The number of rotatable bonds is 5. The van der Waals surface area contributed by atoms with Gasteiger partial charge in [-0.25, -0.2) is 0 Å². The second kappa shape index (κ2) is 8.65. The minimum atomic E-state index is -0.139. The van der Waals surface area contributed by atoms with E-state index in [0.717, 1.165) is 44.0 Å². The normalized spacial score (nSPS) is 20.0. The molecular formula is C23H28N2O3. The minimum absolute atomic E-state index is 0.0885. The first-order valence-corrected chi connectivity index (χ1v) is 10.1. The minimum Gasteiger partial charge on any atom is -0.486 e. The third-order valence-electron chi connectivity index (χ3n) is 5.52. The number of carbonyl (C=O) groups excluding carboxylic acids is 1. The lowest BCUT2D eigenvalue weighted by Gasteiger charge is -2.32. The first-order valence-electron chi connectivity index (χ1n) is 10.1. The molecule has 5 nitrogen and oxygen atoms in total. The van der Waals surface area contributed by atoms with E-state index in [-0.39, 0.29) is 17.9 Å². The van der Waals surface area contributed by atoms with Crippen LogP contribution in [0.25, 0.3) is 0 Å². The predicted molar refractivity (Wildman–Crippen MR) is 109 cm³/mol. The Morgan fingerprint density at radius 2 is 1.89 bits per heavy atom. The number of ether oxygens (including phenoxy) is 2. The highest BCUT2D eigenvalue weighted by Gasteiger charge is 2.27. The highest BCUT2D eigenvalue weighted by Crippen LogP contribution is 2.30. The van der Waals surface area contributed by atoms with Crippen LogP contribution in [0, 0.1) is 12.8 Å². The van der Waals surface area contributed by atoms with E-state index in [0.29, 0.717) is 13.2 Å². The zero-order valence-electron chi connectivity index (χ0n) is 16.4. The van der Waals surface area contributed by atoms with Gasteiger partial charge >= 0.3 is 0 Å². The molecule has 1 saturated heterocycles. The first-order chi connectivity index (χ1) is 13.7. The highest BCUT2D eigenvalue weighted by atomic mass is 16.6. The van der Waals surface area contributed by atoms with Crippen molar-refractivity contribution >= 4 is 5.91 Å². The second-order valence-electron chi connectivity index (χ2n) is 7.78. The molecule has 0 bridgehead atoms. The topological polar surface area (TPSA) is 50.8 Å². The number of hydrogen-bond donors (Lipinski definition) is 1. The molecule has 28 heavy (non-hydrogen) atoms. The SMILES string of the molecule is Cc1cccc(CN2CCC(C(=O)NC[C@H]3COc4ccccc4O3)CC2)c1. The van der Waals surface area contributed by atoms with Crippen molar-refractivity contribution < 1.29 is 14.3 Å². The van der Waals surface area contributed by atoms with E-state index in [2.05, 4.69) is 41.4 Å². The van der Waals surface area contributed by atoms with E-state index in [4.69, 9.17) is 9.47 Å². The van der Waals surface area contributed by atoms with Crippen LogP contribution in [-0.2, 0) is 11.3 Å².